The molecule has 4 rings (SSSR count). The zero-order valence-electron chi connectivity index (χ0n) is 40.6. The SMILES string of the molecule is COC1CC2CCC(C)C(O)(O2)C(=O)C(=O)N2CCCCC2C(=O)OC(C(C)CC2CCC(O)C(OC)C2)CC(=O)C(C)C=CC(O)C(OC)C(=O)C(C)CC(C)C=CC=C(C)C=C1C. The van der Waals surface area contributed by atoms with Gasteiger partial charge in [0.05, 0.1) is 24.4 Å². The highest BCUT2D eigenvalue weighted by atomic mass is 16.6. The number of allylic oxidation sites excluding steroid dienone is 6. The van der Waals surface area contributed by atoms with Crippen molar-refractivity contribution < 1.29 is 63.0 Å². The summed E-state index contributed by atoms with van der Waals surface area (Å²) in [4.78, 5) is 71.5. The molecule has 14 nitrogen and oxygen atoms in total. The van der Waals surface area contributed by atoms with Gasteiger partial charge in [0.15, 0.2) is 5.78 Å². The van der Waals surface area contributed by atoms with Crippen molar-refractivity contribution in [3.8, 4) is 0 Å². The predicted molar refractivity (Wildman–Crippen MR) is 245 cm³/mol. The maximum atomic E-state index is 14.3. The average Bonchev–Trinajstić information content (AvgIpc) is 3.27. The largest absolute Gasteiger partial charge is 0.460 e. The lowest BCUT2D eigenvalue weighted by Gasteiger charge is -2.42. The predicted octanol–water partition coefficient (Wildman–Crippen LogP) is 6.18. The molecule has 366 valence electrons. The standard InChI is InChI=1S/C51H79NO13/c1-30-14-13-15-31(2)25-35(6)46(56)47(63-10)41(54)21-17-32(3)42(55)29-44(34(5)26-37-19-22-40(53)45(27-37)62-9)64-50(59)39-16-11-12-23-52(39)49(58)48(57)51(60)36(7)18-20-38(65-51)28-43(61-8)33(4)24-30/h13-15,17,21,24,31-32,34-41,43-45,47,53-54,60H,11-12,16,18-20,22-23,25-29H2,1-10H3. The Kier molecular flexibility index (Phi) is 21.0. The molecule has 3 N–H and O–H groups in total. The Balaban J connectivity index is 1.69. The van der Waals surface area contributed by atoms with E-state index in [0.29, 0.717) is 57.8 Å². The molecular weight excluding hydrogens is 835 g/mol. The maximum absolute atomic E-state index is 14.3. The summed E-state index contributed by atoms with van der Waals surface area (Å²) in [7, 11) is 4.52. The number of fused-ring (bicyclic) bond motifs is 3. The number of hydrogen-bond acceptors (Lipinski definition) is 13. The lowest BCUT2D eigenvalue weighted by Crippen LogP contribution is -2.61. The number of carbonyl (C=O) groups is 5. The molecule has 1 saturated carbocycles. The number of Topliss-reactive ketones (excluding diaryl/α,β-unsaturated/α-hetero) is 3. The fourth-order valence-electron chi connectivity index (χ4n) is 10.1. The third-order valence-electron chi connectivity index (χ3n) is 14.4. The van der Waals surface area contributed by atoms with Gasteiger partial charge in [-0.3, -0.25) is 19.2 Å². The van der Waals surface area contributed by atoms with Crippen LogP contribution in [0.5, 0.6) is 0 Å². The molecule has 3 aliphatic heterocycles. The number of carbonyl (C=O) groups excluding carboxylic acids is 5. The number of piperidine rings is 1. The zero-order valence-corrected chi connectivity index (χ0v) is 40.6. The van der Waals surface area contributed by atoms with Gasteiger partial charge in [-0.1, -0.05) is 76.6 Å². The summed E-state index contributed by atoms with van der Waals surface area (Å²) in [5, 5.41) is 33.6. The van der Waals surface area contributed by atoms with E-state index in [1.165, 1.54) is 24.2 Å². The summed E-state index contributed by atoms with van der Waals surface area (Å²) in [6, 6.07) is -1.14. The summed E-state index contributed by atoms with van der Waals surface area (Å²) in [5.41, 5.74) is 1.84. The number of amides is 1. The van der Waals surface area contributed by atoms with Crippen LogP contribution >= 0.6 is 0 Å². The minimum absolute atomic E-state index is 0.0177. The summed E-state index contributed by atoms with van der Waals surface area (Å²) < 4.78 is 29.3. The van der Waals surface area contributed by atoms with E-state index in [1.54, 1.807) is 28.1 Å². The molecule has 65 heavy (non-hydrogen) atoms. The highest BCUT2D eigenvalue weighted by molar-refractivity contribution is 6.39. The average molecular weight is 914 g/mol. The Morgan fingerprint density at radius 1 is 0.862 bits per heavy atom. The van der Waals surface area contributed by atoms with Gasteiger partial charge in [-0.2, -0.15) is 0 Å². The molecule has 3 fully saturated rings. The number of nitrogens with zero attached hydrogens (tertiary/aromatic N) is 1. The number of ether oxygens (including phenoxy) is 5. The van der Waals surface area contributed by atoms with Crippen molar-refractivity contribution in [2.24, 2.45) is 35.5 Å². The Morgan fingerprint density at radius 2 is 1.58 bits per heavy atom. The first-order valence-electron chi connectivity index (χ1n) is 23.9. The van der Waals surface area contributed by atoms with Crippen LogP contribution in [0.25, 0.3) is 0 Å². The topological polar surface area (TPSA) is 195 Å². The van der Waals surface area contributed by atoms with Crippen molar-refractivity contribution in [2.75, 3.05) is 27.9 Å². The zero-order chi connectivity index (χ0) is 48.2. The van der Waals surface area contributed by atoms with Crippen LogP contribution in [0.3, 0.4) is 0 Å². The third-order valence-corrected chi connectivity index (χ3v) is 14.4. The second-order valence-corrected chi connectivity index (χ2v) is 19.6. The molecule has 1 amide bonds. The van der Waals surface area contributed by atoms with Crippen molar-refractivity contribution in [3.05, 3.63) is 47.6 Å². The first-order valence-corrected chi connectivity index (χ1v) is 23.9. The van der Waals surface area contributed by atoms with Crippen LogP contribution < -0.4 is 0 Å². The van der Waals surface area contributed by atoms with Crippen molar-refractivity contribution in [1.29, 1.82) is 0 Å². The van der Waals surface area contributed by atoms with Crippen molar-refractivity contribution in [1.82, 2.24) is 4.90 Å². The number of aliphatic hydroxyl groups is 3. The van der Waals surface area contributed by atoms with E-state index in [0.717, 1.165) is 17.6 Å². The number of rotatable bonds is 6. The smallest absolute Gasteiger partial charge is 0.329 e. The molecule has 14 heteroatoms. The van der Waals surface area contributed by atoms with Crippen LogP contribution in [-0.4, -0.2) is 132 Å². The second-order valence-electron chi connectivity index (χ2n) is 19.6. The molecule has 4 aliphatic rings. The van der Waals surface area contributed by atoms with E-state index in [-0.39, 0.29) is 54.8 Å². The normalized spacial score (nSPS) is 37.8. The summed E-state index contributed by atoms with van der Waals surface area (Å²) in [5.74, 6) is -7.97. The monoisotopic (exact) mass is 914 g/mol. The highest BCUT2D eigenvalue weighted by Crippen LogP contribution is 2.38. The molecule has 0 aromatic rings. The highest BCUT2D eigenvalue weighted by Gasteiger charge is 2.53. The molecule has 0 spiro atoms. The Hall–Kier alpha value is -3.37. The fourth-order valence-corrected chi connectivity index (χ4v) is 10.1. The van der Waals surface area contributed by atoms with Gasteiger partial charge in [-0.25, -0.2) is 4.79 Å². The number of ketones is 3. The van der Waals surface area contributed by atoms with E-state index in [1.807, 2.05) is 58.9 Å². The molecule has 2 bridgehead atoms. The minimum atomic E-state index is -2.43. The van der Waals surface area contributed by atoms with Gasteiger partial charge in [0.25, 0.3) is 11.7 Å². The van der Waals surface area contributed by atoms with Gasteiger partial charge in [0, 0.05) is 58.5 Å². The molecule has 15 atom stereocenters. The van der Waals surface area contributed by atoms with Gasteiger partial charge in [-0.15, -0.1) is 0 Å². The maximum Gasteiger partial charge on any atom is 0.329 e. The fraction of sp³-hybridized carbons (Fsp3) is 0.745. The first kappa shape index (κ1) is 54.2. The quantitative estimate of drug-likeness (QED) is 0.156. The molecule has 0 radical (unpaired) electrons. The van der Waals surface area contributed by atoms with E-state index < -0.39 is 83.9 Å². The van der Waals surface area contributed by atoms with Crippen LogP contribution in [0.1, 0.15) is 126 Å². The van der Waals surface area contributed by atoms with E-state index in [4.69, 9.17) is 23.7 Å². The number of cyclic esters (lactones) is 1. The van der Waals surface area contributed by atoms with E-state index >= 15 is 0 Å². The van der Waals surface area contributed by atoms with Gasteiger partial charge in [0.1, 0.15) is 30.1 Å². The Bertz CT molecular complexity index is 1760. The molecule has 0 aromatic carbocycles. The molecule has 15 unspecified atom stereocenters. The third kappa shape index (κ3) is 14.6. The van der Waals surface area contributed by atoms with Gasteiger partial charge >= 0.3 is 5.97 Å². The Labute approximate surface area is 387 Å². The molecule has 2 saturated heterocycles. The van der Waals surface area contributed by atoms with Crippen molar-refractivity contribution >= 4 is 29.2 Å². The van der Waals surface area contributed by atoms with Gasteiger partial charge in [0.2, 0.25) is 5.79 Å². The summed E-state index contributed by atoms with van der Waals surface area (Å²) >= 11 is 0. The minimum Gasteiger partial charge on any atom is -0.460 e. The number of esters is 1. The van der Waals surface area contributed by atoms with Crippen molar-refractivity contribution in [2.45, 2.75) is 180 Å². The van der Waals surface area contributed by atoms with Crippen LogP contribution in [0.15, 0.2) is 47.6 Å². The van der Waals surface area contributed by atoms with E-state index in [9.17, 15) is 39.3 Å². The van der Waals surface area contributed by atoms with Crippen LogP contribution in [0.4, 0.5) is 0 Å². The first-order chi connectivity index (χ1) is 30.7. The molecule has 3 heterocycles. The van der Waals surface area contributed by atoms with Crippen LogP contribution in [0.2, 0.25) is 0 Å². The van der Waals surface area contributed by atoms with Gasteiger partial charge in [-0.05, 0) is 101 Å². The second kappa shape index (κ2) is 25.1. The lowest BCUT2D eigenvalue weighted by atomic mass is 9.78. The van der Waals surface area contributed by atoms with E-state index in [2.05, 4.69) is 0 Å². The molecular formula is C51H79NO13. The van der Waals surface area contributed by atoms with Crippen LogP contribution in [-0.2, 0) is 47.7 Å². The lowest BCUT2D eigenvalue weighted by molar-refractivity contribution is -0.265. The summed E-state index contributed by atoms with van der Waals surface area (Å²) in [6.07, 6.45) is 10.8. The number of aliphatic hydroxyl groups excluding tert-OH is 2. The van der Waals surface area contributed by atoms with Crippen molar-refractivity contribution in [3.63, 3.8) is 0 Å². The van der Waals surface area contributed by atoms with Gasteiger partial charge < -0.3 is 43.9 Å². The van der Waals surface area contributed by atoms with Crippen LogP contribution in [0, 0.1) is 35.5 Å². The number of methoxy groups -OCH3 is 3. The number of hydrogen-bond donors (Lipinski definition) is 3. The summed E-state index contributed by atoms with van der Waals surface area (Å²) in [6.45, 7) is 13.0. The Morgan fingerprint density at radius 3 is 2.26 bits per heavy atom. The molecule has 1 aliphatic carbocycles. The molecule has 0 aromatic heterocycles.